The van der Waals surface area contributed by atoms with Gasteiger partial charge in [-0.1, -0.05) is 11.6 Å². The zero-order chi connectivity index (χ0) is 16.8. The van der Waals surface area contributed by atoms with Gasteiger partial charge < -0.3 is 19.7 Å². The van der Waals surface area contributed by atoms with Gasteiger partial charge in [-0.2, -0.15) is 0 Å². The lowest BCUT2D eigenvalue weighted by atomic mass is 10.1. The molecule has 0 saturated carbocycles. The largest absolute Gasteiger partial charge is 0.375 e. The maximum absolute atomic E-state index is 5.99. The average Bonchev–Trinajstić information content (AvgIpc) is 3.26. The molecule has 2 fully saturated rings. The number of guanidine groups is 1. The summed E-state index contributed by atoms with van der Waals surface area (Å²) in [6.07, 6.45) is 3.56. The topological polar surface area (TPSA) is 46.1 Å². The van der Waals surface area contributed by atoms with Crippen molar-refractivity contribution in [3.63, 3.8) is 0 Å². The molecule has 0 amide bonds. The Hall–Kier alpha value is -0.0900. The summed E-state index contributed by atoms with van der Waals surface area (Å²) < 4.78 is 12.6. The third-order valence-electron chi connectivity index (χ3n) is 4.36. The molecule has 0 spiro atoms. The summed E-state index contributed by atoms with van der Waals surface area (Å²) in [5, 5.41) is 3.41. The predicted octanol–water partition coefficient (Wildman–Crippen LogP) is 3.41. The van der Waals surface area contributed by atoms with Gasteiger partial charge in [-0.3, -0.25) is 4.99 Å². The van der Waals surface area contributed by atoms with Crippen LogP contribution in [0.25, 0.3) is 0 Å². The van der Waals surface area contributed by atoms with E-state index in [9.17, 15) is 0 Å². The van der Waals surface area contributed by atoms with Crippen LogP contribution in [0, 0.1) is 0 Å². The lowest BCUT2D eigenvalue weighted by molar-refractivity contribution is -0.0817. The lowest BCUT2D eigenvalue weighted by Crippen LogP contribution is -2.53. The summed E-state index contributed by atoms with van der Waals surface area (Å²) in [5.74, 6) is 0.978. The molecule has 25 heavy (non-hydrogen) atoms. The Morgan fingerprint density at radius 3 is 2.88 bits per heavy atom. The van der Waals surface area contributed by atoms with E-state index < -0.39 is 0 Å². The van der Waals surface area contributed by atoms with Gasteiger partial charge in [-0.25, -0.2) is 0 Å². The first kappa shape index (κ1) is 21.2. The van der Waals surface area contributed by atoms with Gasteiger partial charge in [0.2, 0.25) is 0 Å². The maximum Gasteiger partial charge on any atom is 0.194 e. The molecule has 3 rings (SSSR count). The Bertz CT molecular complexity index is 552. The number of rotatable bonds is 5. The molecule has 2 saturated heterocycles. The van der Waals surface area contributed by atoms with Crippen LogP contribution in [0.3, 0.4) is 0 Å². The molecule has 1 N–H and O–H groups in total. The Morgan fingerprint density at radius 1 is 1.36 bits per heavy atom. The van der Waals surface area contributed by atoms with Crippen molar-refractivity contribution in [3.05, 3.63) is 21.3 Å². The van der Waals surface area contributed by atoms with Crippen LogP contribution in [0.15, 0.2) is 17.1 Å². The minimum absolute atomic E-state index is 0. The summed E-state index contributed by atoms with van der Waals surface area (Å²) >= 11 is 7.62. The number of morpholine rings is 1. The summed E-state index contributed by atoms with van der Waals surface area (Å²) in [7, 11) is 0. The minimum atomic E-state index is 0. The first-order valence-corrected chi connectivity index (χ1v) is 9.96. The fourth-order valence-electron chi connectivity index (χ4n) is 3.17. The SMILES string of the molecule is CCNC(=NCCc1ccc(Cl)s1)N1CCOC(C2CCCO2)C1.I. The normalized spacial score (nSPS) is 24.2. The molecule has 142 valence electrons. The van der Waals surface area contributed by atoms with Gasteiger partial charge in [0.1, 0.15) is 6.10 Å². The molecule has 2 aliphatic heterocycles. The first-order valence-electron chi connectivity index (χ1n) is 8.77. The second-order valence-corrected chi connectivity index (χ2v) is 7.90. The summed E-state index contributed by atoms with van der Waals surface area (Å²) in [5.41, 5.74) is 0. The van der Waals surface area contributed by atoms with E-state index in [4.69, 9.17) is 26.1 Å². The highest BCUT2D eigenvalue weighted by atomic mass is 127. The fraction of sp³-hybridized carbons (Fsp3) is 0.706. The molecule has 3 heterocycles. The third kappa shape index (κ3) is 6.23. The number of halogens is 2. The van der Waals surface area contributed by atoms with Crippen molar-refractivity contribution in [3.8, 4) is 0 Å². The van der Waals surface area contributed by atoms with E-state index in [1.807, 2.05) is 6.07 Å². The fourth-order valence-corrected chi connectivity index (χ4v) is 4.25. The van der Waals surface area contributed by atoms with Gasteiger partial charge in [0, 0.05) is 44.1 Å². The number of hydrogen-bond donors (Lipinski definition) is 1. The van der Waals surface area contributed by atoms with Crippen molar-refractivity contribution in [2.45, 2.75) is 38.4 Å². The molecular formula is C17H27ClIN3O2S. The summed E-state index contributed by atoms with van der Waals surface area (Å²) in [4.78, 5) is 8.38. The number of nitrogens with zero attached hydrogens (tertiary/aromatic N) is 2. The zero-order valence-electron chi connectivity index (χ0n) is 14.6. The number of hydrogen-bond acceptors (Lipinski definition) is 4. The molecule has 5 nitrogen and oxygen atoms in total. The van der Waals surface area contributed by atoms with Crippen LogP contribution in [-0.2, 0) is 15.9 Å². The maximum atomic E-state index is 5.99. The van der Waals surface area contributed by atoms with Crippen molar-refractivity contribution in [2.75, 3.05) is 39.4 Å². The molecule has 2 atom stereocenters. The standard InChI is InChI=1S/C17H26ClN3O2S.HI/c1-2-19-17(20-8-7-13-5-6-16(18)24-13)21-9-11-23-15(12-21)14-4-3-10-22-14;/h5-6,14-15H,2-4,7-12H2,1H3,(H,19,20);1H. The highest BCUT2D eigenvalue weighted by Gasteiger charge is 2.32. The van der Waals surface area contributed by atoms with Crippen molar-refractivity contribution in [2.24, 2.45) is 4.99 Å². The van der Waals surface area contributed by atoms with Crippen molar-refractivity contribution in [1.29, 1.82) is 0 Å². The number of nitrogens with one attached hydrogen (secondary N) is 1. The average molecular weight is 500 g/mol. The Labute approximate surface area is 176 Å². The number of thiophene rings is 1. The molecule has 2 unspecified atom stereocenters. The molecular weight excluding hydrogens is 473 g/mol. The van der Waals surface area contributed by atoms with E-state index in [1.54, 1.807) is 11.3 Å². The Balaban J connectivity index is 0.00000225. The third-order valence-corrected chi connectivity index (χ3v) is 5.65. The van der Waals surface area contributed by atoms with Crippen LogP contribution in [-0.4, -0.2) is 62.5 Å². The van der Waals surface area contributed by atoms with E-state index in [0.29, 0.717) is 0 Å². The van der Waals surface area contributed by atoms with Gasteiger partial charge in [-0.15, -0.1) is 35.3 Å². The second-order valence-electron chi connectivity index (χ2n) is 6.10. The second kappa shape index (κ2) is 10.9. The molecule has 1 aromatic heterocycles. The molecule has 0 bridgehead atoms. The molecule has 0 aromatic carbocycles. The molecule has 2 aliphatic rings. The molecule has 0 aliphatic carbocycles. The van der Waals surface area contributed by atoms with Crippen molar-refractivity contribution >= 4 is 52.9 Å². The van der Waals surface area contributed by atoms with Crippen LogP contribution in [0.2, 0.25) is 4.34 Å². The van der Waals surface area contributed by atoms with E-state index >= 15 is 0 Å². The quantitative estimate of drug-likeness (QED) is 0.383. The summed E-state index contributed by atoms with van der Waals surface area (Å²) in [6.45, 7) is 7.05. The van der Waals surface area contributed by atoms with Crippen LogP contribution in [0.5, 0.6) is 0 Å². The number of ether oxygens (including phenoxy) is 2. The van der Waals surface area contributed by atoms with E-state index in [1.165, 1.54) is 4.88 Å². The molecule has 0 radical (unpaired) electrons. The van der Waals surface area contributed by atoms with Crippen LogP contribution >= 0.6 is 46.9 Å². The Kier molecular flexibility index (Phi) is 9.26. The molecule has 8 heteroatoms. The smallest absolute Gasteiger partial charge is 0.194 e. The minimum Gasteiger partial charge on any atom is -0.375 e. The van der Waals surface area contributed by atoms with E-state index in [0.717, 1.165) is 69.0 Å². The highest BCUT2D eigenvalue weighted by Crippen LogP contribution is 2.22. The van der Waals surface area contributed by atoms with Crippen LogP contribution in [0.1, 0.15) is 24.6 Å². The predicted molar refractivity (Wildman–Crippen MR) is 115 cm³/mol. The van der Waals surface area contributed by atoms with Gasteiger partial charge in [0.25, 0.3) is 0 Å². The van der Waals surface area contributed by atoms with Gasteiger partial charge in [0.15, 0.2) is 5.96 Å². The van der Waals surface area contributed by atoms with Gasteiger partial charge in [0.05, 0.1) is 17.0 Å². The van der Waals surface area contributed by atoms with Gasteiger partial charge >= 0.3 is 0 Å². The van der Waals surface area contributed by atoms with E-state index in [2.05, 4.69) is 23.2 Å². The van der Waals surface area contributed by atoms with Gasteiger partial charge in [-0.05, 0) is 31.9 Å². The highest BCUT2D eigenvalue weighted by molar-refractivity contribution is 14.0. The van der Waals surface area contributed by atoms with Crippen molar-refractivity contribution < 1.29 is 9.47 Å². The van der Waals surface area contributed by atoms with Crippen LogP contribution in [0.4, 0.5) is 0 Å². The molecule has 1 aromatic rings. The number of aliphatic imine (C=N–C) groups is 1. The van der Waals surface area contributed by atoms with E-state index in [-0.39, 0.29) is 36.2 Å². The van der Waals surface area contributed by atoms with Crippen LogP contribution < -0.4 is 5.32 Å². The first-order chi connectivity index (χ1) is 11.8. The summed E-state index contributed by atoms with van der Waals surface area (Å²) in [6, 6.07) is 4.03. The zero-order valence-corrected chi connectivity index (χ0v) is 18.5. The lowest BCUT2D eigenvalue weighted by Gasteiger charge is -2.37. The van der Waals surface area contributed by atoms with Crippen molar-refractivity contribution in [1.82, 2.24) is 10.2 Å². The monoisotopic (exact) mass is 499 g/mol. The Morgan fingerprint density at radius 2 is 2.20 bits per heavy atom.